The van der Waals surface area contributed by atoms with Crippen LogP contribution in [0.5, 0.6) is 0 Å². The molecule has 0 fully saturated rings. The Morgan fingerprint density at radius 1 is 1.20 bits per heavy atom. The molecule has 0 amide bonds. The number of hydrogen-bond acceptors (Lipinski definition) is 0. The van der Waals surface area contributed by atoms with Crippen molar-refractivity contribution in [1.29, 1.82) is 0 Å². The highest BCUT2D eigenvalue weighted by molar-refractivity contribution is 5.13. The molecule has 2 heteroatoms. The Hall–Kier alpha value is -0.790. The van der Waals surface area contributed by atoms with E-state index in [9.17, 15) is 0 Å². The number of halogens is 1. The third-order valence-electron chi connectivity index (χ3n) is 2.39. The molecular weight excluding hydrogens is 206 g/mol. The average Bonchev–Trinajstić information content (AvgIpc) is 2.16. The molecule has 0 saturated carbocycles. The van der Waals surface area contributed by atoms with Gasteiger partial charge in [0.2, 0.25) is 0 Å². The Morgan fingerprint density at radius 2 is 1.80 bits per heavy atom. The van der Waals surface area contributed by atoms with Gasteiger partial charge in [-0.1, -0.05) is 36.4 Å². The lowest BCUT2D eigenvalue weighted by molar-refractivity contribution is -0.903. The van der Waals surface area contributed by atoms with Crippen LogP contribution in [0, 0.1) is 0 Å². The molecule has 0 radical (unpaired) electrons. The fraction of sp³-hybridized carbons (Fsp3) is 0.385. The minimum absolute atomic E-state index is 0. The van der Waals surface area contributed by atoms with E-state index in [1.165, 1.54) is 5.56 Å². The molecule has 0 heterocycles. The molecule has 0 N–H and O–H groups in total. The van der Waals surface area contributed by atoms with Crippen molar-refractivity contribution < 1.29 is 16.9 Å². The lowest BCUT2D eigenvalue weighted by Crippen LogP contribution is -3.00. The van der Waals surface area contributed by atoms with Gasteiger partial charge >= 0.3 is 0 Å². The van der Waals surface area contributed by atoms with Crippen molar-refractivity contribution in [2.75, 3.05) is 20.6 Å². The second-order valence-corrected chi connectivity index (χ2v) is 4.38. The van der Waals surface area contributed by atoms with Gasteiger partial charge in [-0.15, -0.1) is 6.58 Å². The summed E-state index contributed by atoms with van der Waals surface area (Å²) in [5.74, 6) is 0. The first-order valence-corrected chi connectivity index (χ1v) is 5.11. The van der Waals surface area contributed by atoms with Crippen molar-refractivity contribution >= 4 is 0 Å². The molecule has 1 nitrogen and oxygen atoms in total. The van der Waals surface area contributed by atoms with Crippen LogP contribution in [0.25, 0.3) is 0 Å². The molecule has 1 rings (SSSR count). The summed E-state index contributed by atoms with van der Waals surface area (Å²) < 4.78 is 1.02. The first-order valence-electron chi connectivity index (χ1n) is 5.11. The maximum absolute atomic E-state index is 3.76. The molecule has 0 saturated heterocycles. The van der Waals surface area contributed by atoms with Gasteiger partial charge in [0, 0.05) is 12.0 Å². The van der Waals surface area contributed by atoms with Crippen LogP contribution in [-0.4, -0.2) is 25.1 Å². The van der Waals surface area contributed by atoms with E-state index in [0.29, 0.717) is 0 Å². The summed E-state index contributed by atoms with van der Waals surface area (Å²) in [5, 5.41) is 0. The predicted octanol–water partition coefficient (Wildman–Crippen LogP) is -0.157. The van der Waals surface area contributed by atoms with Crippen LogP contribution >= 0.6 is 0 Å². The Bertz CT molecular complexity index is 280. The van der Waals surface area contributed by atoms with E-state index in [4.69, 9.17) is 0 Å². The Labute approximate surface area is 99.4 Å². The van der Waals surface area contributed by atoms with E-state index in [0.717, 1.165) is 24.0 Å². The molecule has 0 spiro atoms. The molecule has 1 aromatic carbocycles. The predicted molar refractivity (Wildman–Crippen MR) is 61.9 cm³/mol. The van der Waals surface area contributed by atoms with Gasteiger partial charge in [-0.2, -0.15) is 0 Å². The molecule has 0 aliphatic heterocycles. The van der Waals surface area contributed by atoms with Crippen molar-refractivity contribution in [3.05, 3.63) is 48.6 Å². The SMILES string of the molecule is C=CCC[N+](C)(C)Cc1ccccc1.[Cl-]. The summed E-state index contributed by atoms with van der Waals surface area (Å²) in [6.45, 7) is 6.00. The summed E-state index contributed by atoms with van der Waals surface area (Å²) in [6, 6.07) is 10.6. The monoisotopic (exact) mass is 225 g/mol. The third kappa shape index (κ3) is 5.60. The zero-order valence-electron chi connectivity index (χ0n) is 9.62. The van der Waals surface area contributed by atoms with Crippen LogP contribution < -0.4 is 12.4 Å². The number of rotatable bonds is 5. The van der Waals surface area contributed by atoms with Gasteiger partial charge < -0.3 is 16.9 Å². The largest absolute Gasteiger partial charge is 1.00 e. The molecule has 0 aromatic heterocycles. The first kappa shape index (κ1) is 14.2. The van der Waals surface area contributed by atoms with Crippen LogP contribution in [0.1, 0.15) is 12.0 Å². The van der Waals surface area contributed by atoms with E-state index in [-0.39, 0.29) is 12.4 Å². The molecule has 0 aliphatic carbocycles. The van der Waals surface area contributed by atoms with Gasteiger partial charge in [0.15, 0.2) is 0 Å². The molecular formula is C13H20ClN. The average molecular weight is 226 g/mol. The molecule has 0 aliphatic rings. The van der Waals surface area contributed by atoms with Crippen LogP contribution in [0.15, 0.2) is 43.0 Å². The van der Waals surface area contributed by atoms with Crippen molar-refractivity contribution in [2.45, 2.75) is 13.0 Å². The zero-order chi connectivity index (χ0) is 10.4. The van der Waals surface area contributed by atoms with Crippen LogP contribution in [0.2, 0.25) is 0 Å². The summed E-state index contributed by atoms with van der Waals surface area (Å²) in [5.41, 5.74) is 1.40. The van der Waals surface area contributed by atoms with Gasteiger partial charge in [-0.05, 0) is 0 Å². The van der Waals surface area contributed by atoms with E-state index in [1.54, 1.807) is 0 Å². The first-order chi connectivity index (χ1) is 6.64. The van der Waals surface area contributed by atoms with Crippen LogP contribution in [0.3, 0.4) is 0 Å². The number of benzene rings is 1. The highest BCUT2D eigenvalue weighted by Crippen LogP contribution is 2.09. The third-order valence-corrected chi connectivity index (χ3v) is 2.39. The summed E-state index contributed by atoms with van der Waals surface area (Å²) in [4.78, 5) is 0. The fourth-order valence-electron chi connectivity index (χ4n) is 1.60. The molecule has 15 heavy (non-hydrogen) atoms. The van der Waals surface area contributed by atoms with Crippen molar-refractivity contribution in [3.63, 3.8) is 0 Å². The normalized spacial score (nSPS) is 10.5. The van der Waals surface area contributed by atoms with Gasteiger partial charge in [0.1, 0.15) is 6.54 Å². The Kier molecular flexibility index (Phi) is 6.30. The molecule has 0 atom stereocenters. The topological polar surface area (TPSA) is 0 Å². The second kappa shape index (κ2) is 6.65. The van der Waals surface area contributed by atoms with E-state index >= 15 is 0 Å². The standard InChI is InChI=1S/C13H20N.ClH/c1-4-5-11-14(2,3)12-13-9-7-6-8-10-13;/h4,6-10H,1,5,11-12H2,2-3H3;1H/q+1;/p-1. The molecule has 0 bridgehead atoms. The number of hydrogen-bond donors (Lipinski definition) is 0. The molecule has 84 valence electrons. The summed E-state index contributed by atoms with van der Waals surface area (Å²) >= 11 is 0. The minimum Gasteiger partial charge on any atom is -1.00 e. The summed E-state index contributed by atoms with van der Waals surface area (Å²) in [6.07, 6.45) is 3.07. The molecule has 0 unspecified atom stereocenters. The van der Waals surface area contributed by atoms with Crippen molar-refractivity contribution in [1.82, 2.24) is 0 Å². The van der Waals surface area contributed by atoms with Crippen LogP contribution in [0.4, 0.5) is 0 Å². The lowest BCUT2D eigenvalue weighted by atomic mass is 10.2. The minimum atomic E-state index is 0. The smallest absolute Gasteiger partial charge is 0.104 e. The maximum atomic E-state index is 3.76. The fourth-order valence-corrected chi connectivity index (χ4v) is 1.60. The quantitative estimate of drug-likeness (QED) is 0.483. The van der Waals surface area contributed by atoms with Crippen molar-refractivity contribution in [2.24, 2.45) is 0 Å². The van der Waals surface area contributed by atoms with Crippen molar-refractivity contribution in [3.8, 4) is 0 Å². The summed E-state index contributed by atoms with van der Waals surface area (Å²) in [7, 11) is 4.52. The van der Waals surface area contributed by atoms with Gasteiger partial charge in [-0.3, -0.25) is 0 Å². The van der Waals surface area contributed by atoms with E-state index in [1.807, 2.05) is 6.08 Å². The van der Waals surface area contributed by atoms with Gasteiger partial charge in [0.25, 0.3) is 0 Å². The second-order valence-electron chi connectivity index (χ2n) is 4.38. The zero-order valence-corrected chi connectivity index (χ0v) is 10.4. The Balaban J connectivity index is 0.00000196. The van der Waals surface area contributed by atoms with Gasteiger partial charge in [-0.25, -0.2) is 0 Å². The van der Waals surface area contributed by atoms with E-state index < -0.39 is 0 Å². The van der Waals surface area contributed by atoms with Crippen LogP contribution in [-0.2, 0) is 6.54 Å². The number of quaternary nitrogens is 1. The Morgan fingerprint density at radius 3 is 2.33 bits per heavy atom. The lowest BCUT2D eigenvalue weighted by Gasteiger charge is -2.29. The number of nitrogens with zero attached hydrogens (tertiary/aromatic N) is 1. The highest BCUT2D eigenvalue weighted by Gasteiger charge is 2.13. The molecule has 1 aromatic rings. The highest BCUT2D eigenvalue weighted by atomic mass is 35.5. The van der Waals surface area contributed by atoms with E-state index in [2.05, 4.69) is 51.0 Å². The van der Waals surface area contributed by atoms with Gasteiger partial charge in [0.05, 0.1) is 20.6 Å². The maximum Gasteiger partial charge on any atom is 0.104 e.